The molecular weight excluding hydrogens is 214 g/mol. The summed E-state index contributed by atoms with van der Waals surface area (Å²) in [5.41, 5.74) is 5.86. The molecule has 0 rings (SSSR count). The van der Waals surface area contributed by atoms with Gasteiger partial charge in [-0.1, -0.05) is 34.1 Å². The molecule has 0 aromatic carbocycles. The van der Waals surface area contributed by atoms with Gasteiger partial charge in [0.1, 0.15) is 0 Å². The highest BCUT2D eigenvalue weighted by Crippen LogP contribution is 2.30. The van der Waals surface area contributed by atoms with Crippen LogP contribution < -0.4 is 5.73 Å². The summed E-state index contributed by atoms with van der Waals surface area (Å²) in [6.45, 7) is 10.3. The monoisotopic (exact) mass is 245 g/mol. The second-order valence-electron chi connectivity index (χ2n) is 5.57. The molecular formula is C14H31NO2. The van der Waals surface area contributed by atoms with Gasteiger partial charge in [-0.05, 0) is 37.5 Å². The molecule has 0 aromatic heterocycles. The third kappa shape index (κ3) is 5.36. The van der Waals surface area contributed by atoms with Crippen molar-refractivity contribution in [2.45, 2.75) is 72.1 Å². The van der Waals surface area contributed by atoms with Crippen molar-refractivity contribution in [1.29, 1.82) is 0 Å². The molecule has 0 aromatic rings. The molecule has 0 heterocycles. The average Bonchev–Trinajstić information content (AvgIpc) is 2.31. The Balaban J connectivity index is 4.48. The van der Waals surface area contributed by atoms with Crippen molar-refractivity contribution in [2.75, 3.05) is 0 Å². The molecule has 0 amide bonds. The van der Waals surface area contributed by atoms with Crippen LogP contribution in [0.5, 0.6) is 0 Å². The van der Waals surface area contributed by atoms with Crippen molar-refractivity contribution >= 4 is 0 Å². The van der Waals surface area contributed by atoms with E-state index >= 15 is 0 Å². The van der Waals surface area contributed by atoms with Crippen molar-refractivity contribution in [3.05, 3.63) is 0 Å². The molecule has 0 saturated carbocycles. The minimum atomic E-state index is -0.628. The van der Waals surface area contributed by atoms with E-state index < -0.39 is 12.2 Å². The highest BCUT2D eigenvalue weighted by atomic mass is 16.3. The zero-order valence-corrected chi connectivity index (χ0v) is 12.1. The molecule has 0 aliphatic rings. The molecule has 17 heavy (non-hydrogen) atoms. The lowest BCUT2D eigenvalue weighted by Gasteiger charge is -2.33. The van der Waals surface area contributed by atoms with Gasteiger partial charge in [-0.2, -0.15) is 0 Å². The zero-order chi connectivity index (χ0) is 13.6. The van der Waals surface area contributed by atoms with Crippen LogP contribution >= 0.6 is 0 Å². The number of rotatable bonds is 8. The van der Waals surface area contributed by atoms with Crippen molar-refractivity contribution in [2.24, 2.45) is 23.5 Å². The SMILES string of the molecule is CCC(O)C(O)C(C)C(C)C(CC)CC(C)N. The summed E-state index contributed by atoms with van der Waals surface area (Å²) in [5.74, 6) is 1.000. The number of hydrogen-bond acceptors (Lipinski definition) is 3. The highest BCUT2D eigenvalue weighted by molar-refractivity contribution is 4.80. The largest absolute Gasteiger partial charge is 0.390 e. The van der Waals surface area contributed by atoms with Gasteiger partial charge in [-0.15, -0.1) is 0 Å². The van der Waals surface area contributed by atoms with Crippen LogP contribution in [0.15, 0.2) is 0 Å². The lowest BCUT2D eigenvalue weighted by molar-refractivity contribution is -0.0363. The second-order valence-corrected chi connectivity index (χ2v) is 5.57. The first kappa shape index (κ1) is 16.9. The smallest absolute Gasteiger partial charge is 0.0827 e. The van der Waals surface area contributed by atoms with Crippen LogP contribution in [0.3, 0.4) is 0 Å². The van der Waals surface area contributed by atoms with Crippen molar-refractivity contribution in [1.82, 2.24) is 0 Å². The fourth-order valence-corrected chi connectivity index (χ4v) is 2.56. The fourth-order valence-electron chi connectivity index (χ4n) is 2.56. The number of hydrogen-bond donors (Lipinski definition) is 3. The minimum Gasteiger partial charge on any atom is -0.390 e. The van der Waals surface area contributed by atoms with Crippen LogP contribution in [0, 0.1) is 17.8 Å². The Kier molecular flexibility index (Phi) is 8.01. The molecule has 3 heteroatoms. The van der Waals surface area contributed by atoms with E-state index in [1.54, 1.807) is 0 Å². The van der Waals surface area contributed by atoms with Gasteiger partial charge in [0.05, 0.1) is 12.2 Å². The van der Waals surface area contributed by atoms with Gasteiger partial charge >= 0.3 is 0 Å². The summed E-state index contributed by atoms with van der Waals surface area (Å²) in [6.07, 6.45) is 1.42. The minimum absolute atomic E-state index is 0.105. The van der Waals surface area contributed by atoms with E-state index in [4.69, 9.17) is 5.73 Å². The maximum Gasteiger partial charge on any atom is 0.0827 e. The molecule has 6 unspecified atom stereocenters. The molecule has 0 fully saturated rings. The van der Waals surface area contributed by atoms with Gasteiger partial charge < -0.3 is 15.9 Å². The third-order valence-corrected chi connectivity index (χ3v) is 4.12. The van der Waals surface area contributed by atoms with E-state index in [9.17, 15) is 10.2 Å². The van der Waals surface area contributed by atoms with E-state index in [-0.39, 0.29) is 12.0 Å². The van der Waals surface area contributed by atoms with Gasteiger partial charge in [0.2, 0.25) is 0 Å². The van der Waals surface area contributed by atoms with Crippen LogP contribution in [0.25, 0.3) is 0 Å². The molecule has 6 atom stereocenters. The molecule has 0 saturated heterocycles. The van der Waals surface area contributed by atoms with Gasteiger partial charge in [0, 0.05) is 6.04 Å². The highest BCUT2D eigenvalue weighted by Gasteiger charge is 2.30. The third-order valence-electron chi connectivity index (χ3n) is 4.12. The average molecular weight is 245 g/mol. The second kappa shape index (κ2) is 8.06. The van der Waals surface area contributed by atoms with Crippen LogP contribution in [-0.2, 0) is 0 Å². The summed E-state index contributed by atoms with van der Waals surface area (Å²) in [5, 5.41) is 19.8. The Bertz CT molecular complexity index is 197. The predicted octanol–water partition coefficient (Wildman–Crippen LogP) is 2.15. The Morgan fingerprint density at radius 2 is 1.47 bits per heavy atom. The van der Waals surface area contributed by atoms with E-state index in [2.05, 4.69) is 13.8 Å². The summed E-state index contributed by atoms with van der Waals surface area (Å²) >= 11 is 0. The fraction of sp³-hybridized carbons (Fsp3) is 1.00. The molecule has 104 valence electrons. The molecule has 0 spiro atoms. The van der Waals surface area contributed by atoms with E-state index in [0.29, 0.717) is 18.3 Å². The first-order chi connectivity index (χ1) is 7.84. The van der Waals surface area contributed by atoms with Crippen LogP contribution in [0.2, 0.25) is 0 Å². The maximum absolute atomic E-state index is 10.1. The van der Waals surface area contributed by atoms with E-state index in [0.717, 1.165) is 12.8 Å². The molecule has 0 bridgehead atoms. The van der Waals surface area contributed by atoms with Crippen LogP contribution in [-0.4, -0.2) is 28.5 Å². The number of nitrogens with two attached hydrogens (primary N) is 1. The normalized spacial score (nSPS) is 22.6. The summed E-state index contributed by atoms with van der Waals surface area (Å²) in [4.78, 5) is 0. The molecule has 0 radical (unpaired) electrons. The molecule has 3 nitrogen and oxygen atoms in total. The van der Waals surface area contributed by atoms with Crippen molar-refractivity contribution in [3.8, 4) is 0 Å². The van der Waals surface area contributed by atoms with Crippen molar-refractivity contribution in [3.63, 3.8) is 0 Å². The first-order valence-electron chi connectivity index (χ1n) is 6.96. The van der Waals surface area contributed by atoms with Gasteiger partial charge in [-0.25, -0.2) is 0 Å². The predicted molar refractivity (Wildman–Crippen MR) is 72.7 cm³/mol. The number of aliphatic hydroxyl groups is 2. The summed E-state index contributed by atoms with van der Waals surface area (Å²) in [7, 11) is 0. The Morgan fingerprint density at radius 1 is 0.941 bits per heavy atom. The quantitative estimate of drug-likeness (QED) is 0.614. The van der Waals surface area contributed by atoms with Crippen LogP contribution in [0.1, 0.15) is 53.9 Å². The lowest BCUT2D eigenvalue weighted by atomic mass is 9.76. The summed E-state index contributed by atoms with van der Waals surface area (Å²) < 4.78 is 0. The molecule has 0 aliphatic heterocycles. The topological polar surface area (TPSA) is 66.5 Å². The molecule has 4 N–H and O–H groups in total. The Labute approximate surface area is 106 Å². The van der Waals surface area contributed by atoms with E-state index in [1.807, 2.05) is 20.8 Å². The zero-order valence-electron chi connectivity index (χ0n) is 12.1. The Morgan fingerprint density at radius 3 is 1.82 bits per heavy atom. The van der Waals surface area contributed by atoms with Crippen LogP contribution in [0.4, 0.5) is 0 Å². The standard InChI is InChI=1S/C14H31NO2/c1-6-12(8-9(3)15)10(4)11(5)14(17)13(16)7-2/h9-14,16-17H,6-8,15H2,1-5H3. The van der Waals surface area contributed by atoms with Gasteiger partial charge in [0.25, 0.3) is 0 Å². The maximum atomic E-state index is 10.1. The first-order valence-corrected chi connectivity index (χ1v) is 6.96. The summed E-state index contributed by atoms with van der Waals surface area (Å²) in [6, 6.07) is 0.197. The van der Waals surface area contributed by atoms with E-state index in [1.165, 1.54) is 0 Å². The van der Waals surface area contributed by atoms with Gasteiger partial charge in [-0.3, -0.25) is 0 Å². The lowest BCUT2D eigenvalue weighted by Crippen LogP contribution is -2.38. The van der Waals surface area contributed by atoms with Gasteiger partial charge in [0.15, 0.2) is 0 Å². The molecule has 0 aliphatic carbocycles. The number of aliphatic hydroxyl groups excluding tert-OH is 2. The Hall–Kier alpha value is -0.120. The van der Waals surface area contributed by atoms with Crippen molar-refractivity contribution < 1.29 is 10.2 Å².